The monoisotopic (exact) mass is 601 g/mol. The third-order valence-corrected chi connectivity index (χ3v) is 7.99. The zero-order valence-corrected chi connectivity index (χ0v) is 25.8. The molecule has 1 fully saturated rings. The van der Waals surface area contributed by atoms with Gasteiger partial charge in [-0.25, -0.2) is 4.98 Å². The standard InChI is InChI=1S/C32H48FN5O5/c1-4-7-9-11-13-15-17-19-25(40)35-29-28-30(37-31(33)36-29)38(23-34-28)26-21-24(32(6-3,22-39)43-26)42-27(41)20-18-16-14-12-10-8-5-2/h3,23-24,26,39H,4-5,7-22H2,1-2H3,(H,35,36,37,40)/t24-,26+,32+/m0/s1. The first kappa shape index (κ1) is 34.4. The lowest BCUT2D eigenvalue weighted by atomic mass is 9.98. The van der Waals surface area contributed by atoms with Crippen molar-refractivity contribution in [2.45, 2.75) is 141 Å². The number of unbranched alkanes of at least 4 members (excludes halogenated alkanes) is 12. The normalized spacial score (nSPS) is 19.9. The summed E-state index contributed by atoms with van der Waals surface area (Å²) in [5.41, 5.74) is -1.30. The molecular formula is C32H48FN5O5. The van der Waals surface area contributed by atoms with Gasteiger partial charge in [0.1, 0.15) is 12.3 Å². The van der Waals surface area contributed by atoms with Gasteiger partial charge in [0, 0.05) is 19.3 Å². The fourth-order valence-corrected chi connectivity index (χ4v) is 5.43. The summed E-state index contributed by atoms with van der Waals surface area (Å²) in [4.78, 5) is 37.2. The van der Waals surface area contributed by atoms with Crippen LogP contribution in [-0.2, 0) is 19.1 Å². The zero-order valence-electron chi connectivity index (χ0n) is 25.8. The van der Waals surface area contributed by atoms with Gasteiger partial charge >= 0.3 is 12.0 Å². The van der Waals surface area contributed by atoms with Crippen LogP contribution in [0, 0.1) is 18.4 Å². The Morgan fingerprint density at radius 1 is 1.05 bits per heavy atom. The number of hydrogen-bond acceptors (Lipinski definition) is 8. The number of rotatable bonds is 20. The number of aliphatic hydroxyl groups is 1. The summed E-state index contributed by atoms with van der Waals surface area (Å²) < 4.78 is 27.7. The van der Waals surface area contributed by atoms with Gasteiger partial charge in [-0.1, -0.05) is 96.8 Å². The molecule has 0 bridgehead atoms. The van der Waals surface area contributed by atoms with Crippen molar-refractivity contribution in [3.63, 3.8) is 0 Å². The molecule has 43 heavy (non-hydrogen) atoms. The van der Waals surface area contributed by atoms with E-state index in [9.17, 15) is 19.1 Å². The molecule has 3 atom stereocenters. The number of halogens is 1. The van der Waals surface area contributed by atoms with Crippen LogP contribution in [0.2, 0.25) is 0 Å². The van der Waals surface area contributed by atoms with Crippen LogP contribution >= 0.6 is 0 Å². The van der Waals surface area contributed by atoms with Crippen molar-refractivity contribution in [1.29, 1.82) is 0 Å². The van der Waals surface area contributed by atoms with E-state index in [2.05, 4.69) is 40.0 Å². The van der Waals surface area contributed by atoms with Gasteiger partial charge < -0.3 is 19.9 Å². The second kappa shape index (κ2) is 17.9. The molecule has 1 aliphatic heterocycles. The maximum absolute atomic E-state index is 14.5. The largest absolute Gasteiger partial charge is 0.458 e. The number of terminal acetylenes is 1. The Morgan fingerprint density at radius 3 is 2.26 bits per heavy atom. The number of imidazole rings is 1. The topological polar surface area (TPSA) is 128 Å². The van der Waals surface area contributed by atoms with Gasteiger partial charge in [0.2, 0.25) is 5.91 Å². The maximum Gasteiger partial charge on any atom is 0.312 e. The van der Waals surface area contributed by atoms with Crippen LogP contribution < -0.4 is 5.32 Å². The molecule has 0 unspecified atom stereocenters. The highest BCUT2D eigenvalue weighted by Crippen LogP contribution is 2.40. The van der Waals surface area contributed by atoms with Crippen molar-refractivity contribution in [1.82, 2.24) is 19.5 Å². The Hall–Kier alpha value is -3.10. The molecule has 238 valence electrons. The molecule has 11 heteroatoms. The Morgan fingerprint density at radius 2 is 1.65 bits per heavy atom. The first-order chi connectivity index (χ1) is 20.9. The van der Waals surface area contributed by atoms with Crippen molar-refractivity contribution in [2.24, 2.45) is 0 Å². The van der Waals surface area contributed by atoms with Crippen LogP contribution in [0.1, 0.15) is 129 Å². The van der Waals surface area contributed by atoms with Crippen LogP contribution in [-0.4, -0.2) is 54.8 Å². The highest BCUT2D eigenvalue weighted by molar-refractivity contribution is 5.96. The van der Waals surface area contributed by atoms with Gasteiger partial charge in [-0.3, -0.25) is 14.2 Å². The highest BCUT2D eigenvalue weighted by Gasteiger charge is 2.51. The van der Waals surface area contributed by atoms with E-state index in [4.69, 9.17) is 15.9 Å². The lowest BCUT2D eigenvalue weighted by molar-refractivity contribution is -0.158. The lowest BCUT2D eigenvalue weighted by Gasteiger charge is -2.26. The molecule has 0 spiro atoms. The molecule has 0 saturated carbocycles. The zero-order chi connectivity index (χ0) is 31.1. The predicted molar refractivity (Wildman–Crippen MR) is 162 cm³/mol. The third-order valence-electron chi connectivity index (χ3n) is 7.99. The maximum atomic E-state index is 14.5. The van der Waals surface area contributed by atoms with Crippen LogP contribution in [0.3, 0.4) is 0 Å². The molecule has 0 aromatic carbocycles. The molecule has 2 aromatic heterocycles. The van der Waals surface area contributed by atoms with Gasteiger partial charge in [-0.15, -0.1) is 6.42 Å². The Bertz CT molecular complexity index is 1210. The molecule has 1 aliphatic rings. The third kappa shape index (κ3) is 9.97. The minimum absolute atomic E-state index is 0.0322. The van der Waals surface area contributed by atoms with E-state index < -0.39 is 36.6 Å². The number of aromatic nitrogens is 4. The molecule has 0 aliphatic carbocycles. The number of fused-ring (bicyclic) bond motifs is 1. The number of aliphatic hydroxyl groups excluding tert-OH is 1. The van der Waals surface area contributed by atoms with Crippen LogP contribution in [0.25, 0.3) is 11.2 Å². The minimum atomic E-state index is -1.57. The number of amides is 1. The summed E-state index contributed by atoms with van der Waals surface area (Å²) in [5.74, 6) is 1.74. The van der Waals surface area contributed by atoms with E-state index >= 15 is 0 Å². The summed E-state index contributed by atoms with van der Waals surface area (Å²) in [6.07, 6.45) is 20.0. The van der Waals surface area contributed by atoms with Crippen molar-refractivity contribution < 1.29 is 28.6 Å². The van der Waals surface area contributed by atoms with Crippen molar-refractivity contribution in [2.75, 3.05) is 11.9 Å². The number of carbonyl (C=O) groups excluding carboxylic acids is 2. The summed E-state index contributed by atoms with van der Waals surface area (Å²) >= 11 is 0. The average Bonchev–Trinajstić information content (AvgIpc) is 3.57. The molecule has 2 aromatic rings. The molecule has 3 rings (SSSR count). The van der Waals surface area contributed by atoms with Crippen LogP contribution in [0.5, 0.6) is 0 Å². The minimum Gasteiger partial charge on any atom is -0.458 e. The molecule has 1 saturated heterocycles. The fourth-order valence-electron chi connectivity index (χ4n) is 5.43. The first-order valence-corrected chi connectivity index (χ1v) is 16.0. The average molecular weight is 602 g/mol. The van der Waals surface area contributed by atoms with Crippen molar-refractivity contribution in [3.8, 4) is 12.3 Å². The number of nitrogens with one attached hydrogen (secondary N) is 1. The number of hydrogen-bond donors (Lipinski definition) is 2. The number of nitrogens with zero attached hydrogens (tertiary/aromatic N) is 4. The quantitative estimate of drug-likeness (QED) is 0.0774. The number of esters is 1. The second-order valence-corrected chi connectivity index (χ2v) is 11.4. The van der Waals surface area contributed by atoms with E-state index in [-0.39, 0.29) is 35.7 Å². The van der Waals surface area contributed by atoms with Gasteiger partial charge in [0.25, 0.3) is 0 Å². The van der Waals surface area contributed by atoms with E-state index in [0.717, 1.165) is 44.9 Å². The molecule has 10 nitrogen and oxygen atoms in total. The predicted octanol–water partition coefficient (Wildman–Crippen LogP) is 6.38. The van der Waals surface area contributed by atoms with E-state index in [1.165, 1.54) is 49.4 Å². The van der Waals surface area contributed by atoms with Crippen molar-refractivity contribution in [3.05, 3.63) is 12.4 Å². The Labute approximate surface area is 254 Å². The van der Waals surface area contributed by atoms with E-state index in [1.807, 2.05) is 0 Å². The van der Waals surface area contributed by atoms with E-state index in [0.29, 0.717) is 12.8 Å². The molecule has 3 heterocycles. The molecular weight excluding hydrogens is 553 g/mol. The van der Waals surface area contributed by atoms with Crippen molar-refractivity contribution >= 4 is 28.9 Å². The van der Waals surface area contributed by atoms with Crippen LogP contribution in [0.15, 0.2) is 6.33 Å². The number of ether oxygens (including phenoxy) is 2. The van der Waals surface area contributed by atoms with Crippen LogP contribution in [0.4, 0.5) is 10.2 Å². The smallest absolute Gasteiger partial charge is 0.312 e. The summed E-state index contributed by atoms with van der Waals surface area (Å²) in [6, 6.07) is 0. The Kier molecular flexibility index (Phi) is 14.3. The summed E-state index contributed by atoms with van der Waals surface area (Å²) in [6.45, 7) is 3.77. The first-order valence-electron chi connectivity index (χ1n) is 16.0. The number of carbonyl (C=O) groups is 2. The fraction of sp³-hybridized carbons (Fsp3) is 0.719. The second-order valence-electron chi connectivity index (χ2n) is 11.4. The van der Waals surface area contributed by atoms with Gasteiger partial charge in [-0.05, 0) is 12.8 Å². The van der Waals surface area contributed by atoms with Gasteiger partial charge in [-0.2, -0.15) is 14.4 Å². The van der Waals surface area contributed by atoms with Gasteiger partial charge in [0.15, 0.2) is 22.6 Å². The Balaban J connectivity index is 1.62. The van der Waals surface area contributed by atoms with E-state index in [1.54, 1.807) is 0 Å². The van der Waals surface area contributed by atoms with Gasteiger partial charge in [0.05, 0.1) is 12.9 Å². The number of anilines is 1. The molecule has 2 N–H and O–H groups in total. The SMILES string of the molecule is C#C[C@]1(CO)O[C@@H](n2cnc3c(NC(=O)CCCCCCCCC)nc(F)nc32)C[C@@H]1OC(=O)CCCCCCCCC. The highest BCUT2D eigenvalue weighted by atomic mass is 19.1. The molecule has 1 amide bonds. The summed E-state index contributed by atoms with van der Waals surface area (Å²) in [5, 5.41) is 12.8. The lowest BCUT2D eigenvalue weighted by Crippen LogP contribution is -2.44. The molecule has 0 radical (unpaired) electrons. The summed E-state index contributed by atoms with van der Waals surface area (Å²) in [7, 11) is 0.